The van der Waals surface area contributed by atoms with Gasteiger partial charge in [-0.05, 0) is 57.1 Å². The van der Waals surface area contributed by atoms with E-state index in [2.05, 4.69) is 60.5 Å². The number of carbonyl (C=O) groups is 13. The molecule has 0 saturated carbocycles. The lowest BCUT2D eigenvalue weighted by Gasteiger charge is -2.31. The van der Waals surface area contributed by atoms with Crippen molar-refractivity contribution in [1.82, 2.24) is 57.7 Å². The van der Waals surface area contributed by atoms with E-state index in [1.165, 1.54) is 41.8 Å². The molecule has 452 valence electrons. The lowest BCUT2D eigenvalue weighted by molar-refractivity contribution is -0.143. The van der Waals surface area contributed by atoms with Crippen molar-refractivity contribution in [1.29, 1.82) is 0 Å². The van der Waals surface area contributed by atoms with Crippen LogP contribution in [0.2, 0.25) is 0 Å². The van der Waals surface area contributed by atoms with Gasteiger partial charge in [0.2, 0.25) is 70.9 Å². The zero-order valence-corrected chi connectivity index (χ0v) is 48.8. The summed E-state index contributed by atoms with van der Waals surface area (Å²) in [7, 11) is 2.56. The number of likely N-dealkylation sites (N-methyl/N-ethyl adjacent to an activating group) is 2. The molecule has 0 aromatic heterocycles. The standard InChI is InChI=1S/C54H81N13O14S/c1-28(2)21-36(61-42(70)26-58-51(78)40(23-35-19-15-12-16-20-35)67(10)53(80)32(7)60-45(72)30(5)55)49(76)59-31(6)46(73)65-44(29(3)4)52(79)62-37(22-34-17-13-11-14-18-34)50(77)63-38(24-43(71)82)54(81)66(9)33(8)47(74)64-39(27-68)48(75)57-25-41(56)69/h11-20,28-33,36-40,44,68H,21-27,55H2,1-10H3,(H2,56,69)(H,57,75)(H,58,78)(H,59,76)(H,60,72)(H,61,70)(H,62,79)(H,63,77)(H,64,74)(H,65,73)(H,71,82)/t30-,31-,32-,33-,36-,37-,38-,39-,40-,44-/m0/s1. The normalized spacial score (nSPS) is 14.7. The average Bonchev–Trinajstić information content (AvgIpc) is 3.42. The molecule has 2 aromatic rings. The smallest absolute Gasteiger partial charge is 0.246 e. The monoisotopic (exact) mass is 1170 g/mol. The van der Waals surface area contributed by atoms with E-state index in [1.54, 1.807) is 88.4 Å². The molecule has 0 bridgehead atoms. The zero-order chi connectivity index (χ0) is 62.1. The second-order valence-corrected chi connectivity index (χ2v) is 21.1. The van der Waals surface area contributed by atoms with Crippen LogP contribution in [-0.2, 0) is 75.2 Å². The highest BCUT2D eigenvalue weighted by atomic mass is 32.1. The number of primary amides is 1. The van der Waals surface area contributed by atoms with Gasteiger partial charge in [-0.15, -0.1) is 12.6 Å². The molecule has 0 unspecified atom stereocenters. The summed E-state index contributed by atoms with van der Waals surface area (Å²) in [6.07, 6.45) is -0.719. The van der Waals surface area contributed by atoms with E-state index in [0.29, 0.717) is 11.1 Å². The number of rotatable bonds is 33. The first-order chi connectivity index (χ1) is 38.4. The Kier molecular flexibility index (Phi) is 29.4. The molecule has 12 amide bonds. The fourth-order valence-electron chi connectivity index (χ4n) is 7.90. The van der Waals surface area contributed by atoms with Crippen LogP contribution in [-0.4, -0.2) is 185 Å². The fraction of sp³-hybridized carbons (Fsp3) is 0.537. The van der Waals surface area contributed by atoms with E-state index >= 15 is 0 Å². The SMILES string of the molecule is CC(C)C[C@H](NC(=O)CNC(=O)[C@H](Cc1ccccc1)N(C)C(=O)[C@H](C)NC(=O)[C@H](C)N)C(=O)N[C@@H](C)C(=O)N[C@H](C(=O)N[C@@H](Cc1ccccc1)C(=O)N[C@@H](CC(=O)S)C(=O)N(C)[C@@H](C)C(=O)N[C@@H](CO)C(=O)NCC(N)=O)C(C)C. The quantitative estimate of drug-likeness (QED) is 0.0305. The van der Waals surface area contributed by atoms with Crippen LogP contribution < -0.4 is 59.3 Å². The van der Waals surface area contributed by atoms with Crippen molar-refractivity contribution >= 4 is 88.6 Å². The molecule has 14 N–H and O–H groups in total. The van der Waals surface area contributed by atoms with Gasteiger partial charge in [-0.1, -0.05) is 88.4 Å². The van der Waals surface area contributed by atoms with Gasteiger partial charge in [0, 0.05) is 33.4 Å². The number of aliphatic hydroxyl groups is 1. The van der Waals surface area contributed by atoms with Crippen molar-refractivity contribution in [3.8, 4) is 0 Å². The number of amides is 12. The van der Waals surface area contributed by atoms with E-state index in [-0.39, 0.29) is 25.2 Å². The van der Waals surface area contributed by atoms with Crippen LogP contribution in [0.4, 0.5) is 0 Å². The molecule has 2 rings (SSSR count). The van der Waals surface area contributed by atoms with Crippen LogP contribution in [0.1, 0.15) is 79.4 Å². The first-order valence-corrected chi connectivity index (χ1v) is 27.0. The third kappa shape index (κ3) is 23.6. The maximum absolute atomic E-state index is 14.2. The fourth-order valence-corrected chi connectivity index (χ4v) is 8.08. The van der Waals surface area contributed by atoms with Crippen molar-refractivity contribution in [3.05, 3.63) is 71.8 Å². The van der Waals surface area contributed by atoms with Crippen LogP contribution in [0, 0.1) is 11.8 Å². The highest BCUT2D eigenvalue weighted by Gasteiger charge is 2.37. The number of nitrogens with zero attached hydrogens (tertiary/aromatic N) is 2. The van der Waals surface area contributed by atoms with Crippen LogP contribution >= 0.6 is 12.6 Å². The van der Waals surface area contributed by atoms with Gasteiger partial charge in [0.25, 0.3) is 0 Å². The van der Waals surface area contributed by atoms with E-state index in [1.807, 2.05) is 0 Å². The first-order valence-electron chi connectivity index (χ1n) is 26.5. The Morgan fingerprint density at radius 3 is 1.55 bits per heavy atom. The Balaban J connectivity index is 2.27. The van der Waals surface area contributed by atoms with Crippen molar-refractivity contribution < 1.29 is 67.4 Å². The van der Waals surface area contributed by atoms with Crippen molar-refractivity contribution in [2.45, 2.75) is 141 Å². The van der Waals surface area contributed by atoms with Crippen LogP contribution in [0.25, 0.3) is 0 Å². The first kappa shape index (κ1) is 70.1. The molecule has 82 heavy (non-hydrogen) atoms. The number of benzene rings is 2. The van der Waals surface area contributed by atoms with Gasteiger partial charge in [-0.3, -0.25) is 62.3 Å². The molecule has 0 aliphatic carbocycles. The van der Waals surface area contributed by atoms with Crippen LogP contribution in [0.5, 0.6) is 0 Å². The molecule has 28 heteroatoms. The third-order valence-corrected chi connectivity index (χ3v) is 13.0. The van der Waals surface area contributed by atoms with Gasteiger partial charge in [0.1, 0.15) is 54.4 Å². The molecule has 0 aliphatic rings. The molecule has 10 atom stereocenters. The maximum Gasteiger partial charge on any atom is 0.246 e. The number of hydrogen-bond donors (Lipinski definition) is 13. The number of nitrogens with one attached hydrogen (secondary N) is 9. The highest BCUT2D eigenvalue weighted by molar-refractivity contribution is 7.96. The number of hydrogen-bond acceptors (Lipinski definition) is 15. The predicted octanol–water partition coefficient (Wildman–Crippen LogP) is -3.82. The molecular formula is C54H81N13O14S. The summed E-state index contributed by atoms with van der Waals surface area (Å²) in [6, 6.07) is 4.16. The average molecular weight is 1170 g/mol. The van der Waals surface area contributed by atoms with Crippen LogP contribution in [0.15, 0.2) is 60.7 Å². The minimum atomic E-state index is -1.66. The Labute approximate surface area is 482 Å². The molecule has 27 nitrogen and oxygen atoms in total. The van der Waals surface area contributed by atoms with Crippen molar-refractivity contribution in [2.24, 2.45) is 23.3 Å². The predicted molar refractivity (Wildman–Crippen MR) is 303 cm³/mol. The largest absolute Gasteiger partial charge is 0.394 e. The van der Waals surface area contributed by atoms with Gasteiger partial charge in [-0.2, -0.15) is 0 Å². The van der Waals surface area contributed by atoms with E-state index in [9.17, 15) is 67.4 Å². The highest BCUT2D eigenvalue weighted by Crippen LogP contribution is 2.13. The lowest BCUT2D eigenvalue weighted by atomic mass is 10.00. The molecular weight excluding hydrogens is 1090 g/mol. The van der Waals surface area contributed by atoms with Crippen molar-refractivity contribution in [3.63, 3.8) is 0 Å². The summed E-state index contributed by atoms with van der Waals surface area (Å²) in [4.78, 5) is 174. The Morgan fingerprint density at radius 2 is 1.04 bits per heavy atom. The zero-order valence-electron chi connectivity index (χ0n) is 47.9. The summed E-state index contributed by atoms with van der Waals surface area (Å²) < 4.78 is 0. The number of carbonyl (C=O) groups excluding carboxylic acids is 13. The summed E-state index contributed by atoms with van der Waals surface area (Å²) >= 11 is 3.80. The summed E-state index contributed by atoms with van der Waals surface area (Å²) in [5, 5.41) is 31.2. The molecule has 0 saturated heterocycles. The van der Waals surface area contributed by atoms with Crippen molar-refractivity contribution in [2.75, 3.05) is 33.8 Å². The Morgan fingerprint density at radius 1 is 0.524 bits per heavy atom. The molecule has 0 fully saturated rings. The topological polar surface area (TPSA) is 409 Å². The Hall–Kier alpha value is -7.98. The van der Waals surface area contributed by atoms with Gasteiger partial charge < -0.3 is 74.2 Å². The minimum Gasteiger partial charge on any atom is -0.394 e. The minimum absolute atomic E-state index is 0.0419. The second kappa shape index (κ2) is 34.3. The van der Waals surface area contributed by atoms with E-state index in [0.717, 1.165) is 9.80 Å². The van der Waals surface area contributed by atoms with Gasteiger partial charge in [-0.25, -0.2) is 0 Å². The number of aliphatic hydroxyl groups excluding tert-OH is 1. The second-order valence-electron chi connectivity index (χ2n) is 20.6. The Bertz CT molecular complexity index is 2580. The summed E-state index contributed by atoms with van der Waals surface area (Å²) in [5.41, 5.74) is 11.9. The van der Waals surface area contributed by atoms with Gasteiger partial charge >= 0.3 is 0 Å². The summed E-state index contributed by atoms with van der Waals surface area (Å²) in [5.74, 6) is -10.7. The molecule has 0 spiro atoms. The molecule has 2 aromatic carbocycles. The van der Waals surface area contributed by atoms with E-state index < -0.39 is 168 Å². The van der Waals surface area contributed by atoms with Crippen LogP contribution in [0.3, 0.4) is 0 Å². The molecule has 0 radical (unpaired) electrons. The molecule has 0 aliphatic heterocycles. The number of nitrogens with two attached hydrogens (primary N) is 2. The van der Waals surface area contributed by atoms with Gasteiger partial charge in [0.15, 0.2) is 5.12 Å². The third-order valence-electron chi connectivity index (χ3n) is 12.8. The van der Waals surface area contributed by atoms with Gasteiger partial charge in [0.05, 0.1) is 25.7 Å². The summed E-state index contributed by atoms with van der Waals surface area (Å²) in [6.45, 7) is 10.2. The molecule has 0 heterocycles. The lowest BCUT2D eigenvalue weighted by Crippen LogP contribution is -2.61. The number of thiol groups is 1. The maximum atomic E-state index is 14.2. The van der Waals surface area contributed by atoms with E-state index in [4.69, 9.17) is 11.5 Å².